The van der Waals surface area contributed by atoms with Crippen LogP contribution in [-0.4, -0.2) is 21.7 Å². The predicted molar refractivity (Wildman–Crippen MR) is 74.5 cm³/mol. The molecule has 0 radical (unpaired) electrons. The minimum Gasteiger partial charge on any atom is -0.481 e. The van der Waals surface area contributed by atoms with E-state index in [1.54, 1.807) is 6.07 Å². The third-order valence-electron chi connectivity index (χ3n) is 2.89. The van der Waals surface area contributed by atoms with Crippen molar-refractivity contribution in [3.63, 3.8) is 0 Å². The second-order valence-electron chi connectivity index (χ2n) is 4.12. The molecule has 0 spiro atoms. The van der Waals surface area contributed by atoms with E-state index in [2.05, 4.69) is 22.9 Å². The molecule has 1 aromatic carbocycles. The van der Waals surface area contributed by atoms with Gasteiger partial charge in [0.05, 0.1) is 11.2 Å². The largest absolute Gasteiger partial charge is 0.481 e. The van der Waals surface area contributed by atoms with Crippen molar-refractivity contribution in [2.45, 2.75) is 37.9 Å². The lowest BCUT2D eigenvalue weighted by molar-refractivity contribution is -0.136. The quantitative estimate of drug-likeness (QED) is 0.648. The number of aliphatic carboxylic acids is 1. The molecule has 1 atom stereocenters. The molecule has 0 saturated carbocycles. The minimum absolute atomic E-state index is 0.172. The summed E-state index contributed by atoms with van der Waals surface area (Å²) in [5.41, 5.74) is 2.96. The van der Waals surface area contributed by atoms with Crippen molar-refractivity contribution >= 4 is 27.7 Å². The molecule has 3 nitrogen and oxygen atoms in total. The third-order valence-corrected chi connectivity index (χ3v) is 3.63. The van der Waals surface area contributed by atoms with Gasteiger partial charge in [-0.3, -0.25) is 9.59 Å². The van der Waals surface area contributed by atoms with Crippen molar-refractivity contribution in [1.29, 1.82) is 0 Å². The van der Waals surface area contributed by atoms with Crippen LogP contribution in [0.15, 0.2) is 18.2 Å². The molecule has 1 N–H and O–H groups in total. The van der Waals surface area contributed by atoms with E-state index in [1.165, 1.54) is 5.56 Å². The Hall–Kier alpha value is -1.16. The van der Waals surface area contributed by atoms with Crippen molar-refractivity contribution in [2.24, 2.45) is 0 Å². The fraction of sp³-hybridized carbons (Fsp3) is 0.429. The van der Waals surface area contributed by atoms with Gasteiger partial charge in [-0.2, -0.15) is 0 Å². The molecular formula is C14H17BrO3. The molecule has 0 aliphatic rings. The van der Waals surface area contributed by atoms with E-state index in [0.29, 0.717) is 5.56 Å². The highest BCUT2D eigenvalue weighted by atomic mass is 79.9. The summed E-state index contributed by atoms with van der Waals surface area (Å²) in [5.74, 6) is -1.15. The van der Waals surface area contributed by atoms with E-state index in [9.17, 15) is 9.59 Å². The summed E-state index contributed by atoms with van der Waals surface area (Å²) in [6, 6.07) is 5.60. The first-order valence-corrected chi connectivity index (χ1v) is 6.93. The van der Waals surface area contributed by atoms with Crippen LogP contribution in [0.5, 0.6) is 0 Å². The highest BCUT2D eigenvalue weighted by Crippen LogP contribution is 2.18. The molecule has 0 aliphatic carbocycles. The molecule has 0 aliphatic heterocycles. The number of carbonyl (C=O) groups is 2. The number of benzene rings is 1. The Morgan fingerprint density at radius 2 is 1.83 bits per heavy atom. The number of aryl methyl sites for hydroxylation is 2. The molecule has 1 unspecified atom stereocenters. The van der Waals surface area contributed by atoms with Crippen LogP contribution in [0.25, 0.3) is 0 Å². The number of hydrogen-bond acceptors (Lipinski definition) is 2. The Morgan fingerprint density at radius 3 is 2.33 bits per heavy atom. The molecule has 4 heteroatoms. The molecule has 1 rings (SSSR count). The second-order valence-corrected chi connectivity index (χ2v) is 5.23. The number of carbonyl (C=O) groups excluding carboxylic acids is 1. The summed E-state index contributed by atoms with van der Waals surface area (Å²) in [7, 11) is 0. The highest BCUT2D eigenvalue weighted by molar-refractivity contribution is 9.10. The van der Waals surface area contributed by atoms with Gasteiger partial charge in [0.15, 0.2) is 5.78 Å². The number of carboxylic acids is 1. The van der Waals surface area contributed by atoms with Gasteiger partial charge in [0.25, 0.3) is 0 Å². The summed E-state index contributed by atoms with van der Waals surface area (Å²) in [4.78, 5) is 22.0. The number of rotatable bonds is 6. The van der Waals surface area contributed by atoms with Crippen LogP contribution in [0.1, 0.15) is 41.8 Å². The first kappa shape index (κ1) is 14.9. The maximum atomic E-state index is 12.0. The Balaban J connectivity index is 2.96. The lowest BCUT2D eigenvalue weighted by Crippen LogP contribution is -2.18. The van der Waals surface area contributed by atoms with Gasteiger partial charge >= 0.3 is 5.97 Å². The summed E-state index contributed by atoms with van der Waals surface area (Å²) in [5, 5.41) is 8.68. The first-order chi connectivity index (χ1) is 8.49. The van der Waals surface area contributed by atoms with Crippen LogP contribution in [0, 0.1) is 0 Å². The number of alkyl halides is 1. The van der Waals surface area contributed by atoms with Gasteiger partial charge in [0.1, 0.15) is 0 Å². The summed E-state index contributed by atoms with van der Waals surface area (Å²) in [6.45, 7) is 4.12. The topological polar surface area (TPSA) is 54.4 Å². The van der Waals surface area contributed by atoms with E-state index in [4.69, 9.17) is 5.11 Å². The number of halogens is 1. The second kappa shape index (κ2) is 6.69. The van der Waals surface area contributed by atoms with Crippen LogP contribution in [0.2, 0.25) is 0 Å². The molecule has 0 fully saturated rings. The van der Waals surface area contributed by atoms with E-state index in [1.807, 2.05) is 19.1 Å². The zero-order valence-electron chi connectivity index (χ0n) is 10.6. The fourth-order valence-corrected chi connectivity index (χ4v) is 2.42. The van der Waals surface area contributed by atoms with Crippen LogP contribution in [-0.2, 0) is 17.6 Å². The normalized spacial score (nSPS) is 12.2. The fourth-order valence-electron chi connectivity index (χ4n) is 1.88. The standard InChI is InChI=1S/C14H17BrO3/c1-3-9-5-6-11(7-10(9)4-2)14(18)12(15)8-13(16)17/h5-7,12H,3-4,8H2,1-2H3,(H,16,17). The van der Waals surface area contributed by atoms with Crippen LogP contribution < -0.4 is 0 Å². The van der Waals surface area contributed by atoms with E-state index in [0.717, 1.165) is 18.4 Å². The third kappa shape index (κ3) is 3.67. The monoisotopic (exact) mass is 312 g/mol. The lowest BCUT2D eigenvalue weighted by Gasteiger charge is -2.10. The van der Waals surface area contributed by atoms with Crippen molar-refractivity contribution < 1.29 is 14.7 Å². The van der Waals surface area contributed by atoms with Crippen molar-refractivity contribution in [1.82, 2.24) is 0 Å². The van der Waals surface area contributed by atoms with E-state index in [-0.39, 0.29) is 12.2 Å². The van der Waals surface area contributed by atoms with Gasteiger partial charge < -0.3 is 5.11 Å². The smallest absolute Gasteiger partial charge is 0.304 e. The summed E-state index contributed by atoms with van der Waals surface area (Å²) < 4.78 is 0. The van der Waals surface area contributed by atoms with Gasteiger partial charge in [0, 0.05) is 5.56 Å². The van der Waals surface area contributed by atoms with Crippen molar-refractivity contribution in [3.05, 3.63) is 34.9 Å². The molecule has 98 valence electrons. The highest BCUT2D eigenvalue weighted by Gasteiger charge is 2.20. The molecule has 1 aromatic rings. The molecule has 0 heterocycles. The van der Waals surface area contributed by atoms with Gasteiger partial charge in [0.2, 0.25) is 0 Å². The van der Waals surface area contributed by atoms with Gasteiger partial charge in [-0.05, 0) is 30.0 Å². The molecule has 0 saturated heterocycles. The van der Waals surface area contributed by atoms with Crippen molar-refractivity contribution in [3.8, 4) is 0 Å². The Labute approximate surface area is 115 Å². The Morgan fingerprint density at radius 1 is 1.22 bits per heavy atom. The number of ketones is 1. The minimum atomic E-state index is -0.980. The number of hydrogen-bond donors (Lipinski definition) is 1. The number of Topliss-reactive ketones (excluding diaryl/α,β-unsaturated/α-hetero) is 1. The van der Waals surface area contributed by atoms with Gasteiger partial charge in [-0.25, -0.2) is 0 Å². The van der Waals surface area contributed by atoms with Gasteiger partial charge in [-0.1, -0.05) is 41.9 Å². The molecule has 0 bridgehead atoms. The zero-order valence-corrected chi connectivity index (χ0v) is 12.2. The average Bonchev–Trinajstić information content (AvgIpc) is 2.36. The molecule has 18 heavy (non-hydrogen) atoms. The van der Waals surface area contributed by atoms with Crippen LogP contribution >= 0.6 is 15.9 Å². The Kier molecular flexibility index (Phi) is 5.54. The molecule has 0 aromatic heterocycles. The van der Waals surface area contributed by atoms with E-state index < -0.39 is 10.8 Å². The van der Waals surface area contributed by atoms with Crippen molar-refractivity contribution in [2.75, 3.05) is 0 Å². The maximum Gasteiger partial charge on any atom is 0.304 e. The molecular weight excluding hydrogens is 296 g/mol. The lowest BCUT2D eigenvalue weighted by atomic mass is 9.97. The average molecular weight is 313 g/mol. The Bertz CT molecular complexity index is 454. The SMILES string of the molecule is CCc1ccc(C(=O)C(Br)CC(=O)O)cc1CC. The summed E-state index contributed by atoms with van der Waals surface area (Å²) >= 11 is 3.13. The number of carboxylic acid groups (broad SMARTS) is 1. The predicted octanol–water partition coefficient (Wildman–Crippen LogP) is 3.23. The van der Waals surface area contributed by atoms with Gasteiger partial charge in [-0.15, -0.1) is 0 Å². The maximum absolute atomic E-state index is 12.0. The molecule has 0 amide bonds. The van der Waals surface area contributed by atoms with E-state index >= 15 is 0 Å². The summed E-state index contributed by atoms with van der Waals surface area (Å²) in [6.07, 6.45) is 1.61. The zero-order chi connectivity index (χ0) is 13.7. The van der Waals surface area contributed by atoms with Crippen LogP contribution in [0.4, 0.5) is 0 Å². The van der Waals surface area contributed by atoms with Crippen LogP contribution in [0.3, 0.4) is 0 Å². The first-order valence-electron chi connectivity index (χ1n) is 6.01.